The average Bonchev–Trinajstić information content (AvgIpc) is 3.49. The zero-order valence-electron chi connectivity index (χ0n) is 21.5. The Morgan fingerprint density at radius 1 is 1.05 bits per heavy atom. The zero-order chi connectivity index (χ0) is 27.8. The molecule has 4 aromatic rings. The van der Waals surface area contributed by atoms with Crippen molar-refractivity contribution in [3.8, 4) is 17.1 Å². The molecular weight excluding hydrogens is 554 g/mol. The van der Waals surface area contributed by atoms with Crippen LogP contribution in [0.4, 0.5) is 15.8 Å². The Kier molecular flexibility index (Phi) is 6.67. The molecule has 0 bridgehead atoms. The number of amides is 2. The van der Waals surface area contributed by atoms with Gasteiger partial charge in [-0.3, -0.25) is 14.5 Å². The van der Waals surface area contributed by atoms with Crippen molar-refractivity contribution in [2.45, 2.75) is 39.8 Å². The van der Waals surface area contributed by atoms with Crippen LogP contribution in [0.5, 0.6) is 5.75 Å². The first-order chi connectivity index (χ1) is 18.6. The van der Waals surface area contributed by atoms with Crippen molar-refractivity contribution in [3.05, 3.63) is 93.0 Å². The van der Waals surface area contributed by atoms with Gasteiger partial charge in [-0.1, -0.05) is 48.8 Å². The number of hydrogen-bond donors (Lipinski definition) is 1. The highest BCUT2D eigenvalue weighted by Crippen LogP contribution is 2.55. The molecule has 2 aliphatic rings. The van der Waals surface area contributed by atoms with E-state index < -0.39 is 23.2 Å². The number of fused-ring (bicyclic) bond motifs is 4. The number of anilines is 2. The Morgan fingerprint density at radius 3 is 2.45 bits per heavy atom. The second-order valence-electron chi connectivity index (χ2n) is 9.84. The van der Waals surface area contributed by atoms with Crippen molar-refractivity contribution in [1.29, 1.82) is 0 Å². The number of hydrogen-bond acceptors (Lipinski definition) is 4. The van der Waals surface area contributed by atoms with E-state index in [9.17, 15) is 9.59 Å². The molecule has 1 atom stereocenters. The van der Waals surface area contributed by atoms with Gasteiger partial charge in [0.1, 0.15) is 17.4 Å². The number of aryl methyl sites for hydroxylation is 1. The summed E-state index contributed by atoms with van der Waals surface area (Å²) in [7, 11) is 1.44. The van der Waals surface area contributed by atoms with Gasteiger partial charge in [0.15, 0.2) is 11.2 Å². The number of halogens is 3. The summed E-state index contributed by atoms with van der Waals surface area (Å²) in [4.78, 5) is 34.8. The van der Waals surface area contributed by atoms with Gasteiger partial charge in [-0.2, -0.15) is 0 Å². The van der Waals surface area contributed by atoms with E-state index in [1.54, 1.807) is 47.0 Å². The molecule has 3 heterocycles. The molecule has 7 nitrogen and oxygen atoms in total. The summed E-state index contributed by atoms with van der Waals surface area (Å²) in [6.07, 6.45) is 0. The van der Waals surface area contributed by atoms with Crippen molar-refractivity contribution < 1.29 is 18.7 Å². The van der Waals surface area contributed by atoms with E-state index in [4.69, 9.17) is 32.9 Å². The first kappa shape index (κ1) is 27.7. The van der Waals surface area contributed by atoms with E-state index >= 15 is 4.39 Å². The lowest BCUT2D eigenvalue weighted by atomic mass is 9.86. The number of rotatable bonds is 4. The van der Waals surface area contributed by atoms with Crippen LogP contribution in [0, 0.1) is 12.7 Å². The van der Waals surface area contributed by atoms with E-state index in [0.29, 0.717) is 32.7 Å². The van der Waals surface area contributed by atoms with Crippen LogP contribution < -0.4 is 15.0 Å². The highest BCUT2D eigenvalue weighted by Gasteiger charge is 2.64. The van der Waals surface area contributed by atoms with Crippen molar-refractivity contribution in [2.24, 2.45) is 0 Å². The molecule has 1 spiro atoms. The number of methoxy groups -OCH3 is 1. The first-order valence-electron chi connectivity index (χ1n) is 12.3. The van der Waals surface area contributed by atoms with E-state index in [1.165, 1.54) is 24.1 Å². The minimum absolute atomic E-state index is 0. The summed E-state index contributed by atoms with van der Waals surface area (Å²) >= 11 is 12.7. The molecule has 0 saturated heterocycles. The predicted octanol–water partition coefficient (Wildman–Crippen LogP) is 7.39. The second-order valence-corrected chi connectivity index (χ2v) is 10.7. The van der Waals surface area contributed by atoms with Crippen LogP contribution in [0.25, 0.3) is 11.4 Å². The molecule has 1 N–H and O–H groups in total. The van der Waals surface area contributed by atoms with E-state index in [0.717, 1.165) is 5.56 Å². The van der Waals surface area contributed by atoms with Gasteiger partial charge >= 0.3 is 0 Å². The van der Waals surface area contributed by atoms with E-state index in [2.05, 4.69) is 5.32 Å². The lowest BCUT2D eigenvalue weighted by molar-refractivity contribution is -0.119. The average molecular weight is 581 g/mol. The number of benzene rings is 3. The zero-order valence-corrected chi connectivity index (χ0v) is 23.0. The lowest BCUT2D eigenvalue weighted by Gasteiger charge is -2.36. The topological polar surface area (TPSA) is 76.5 Å². The van der Waals surface area contributed by atoms with Gasteiger partial charge in [0.05, 0.1) is 24.1 Å². The standard InChI is InChI=1S/C29H23Cl2FN4O3.CH4/c1-14(2)35-25-24(34-26(35)23-19(32)6-5-7-22(23)39-4)27(37)36(21-13-17(31)9-8-15(21)3)29(25)18-11-10-16(30)12-20(18)33-28(29)38;/h5-14H,1-4H3,(H,33,38);1H4. The number of imidazole rings is 1. The summed E-state index contributed by atoms with van der Waals surface area (Å²) < 4.78 is 22.6. The monoisotopic (exact) mass is 580 g/mol. The molecule has 2 aliphatic heterocycles. The highest BCUT2D eigenvalue weighted by molar-refractivity contribution is 6.32. The third-order valence-electron chi connectivity index (χ3n) is 7.29. The Bertz CT molecular complexity index is 1720. The molecule has 3 aromatic carbocycles. The van der Waals surface area contributed by atoms with Gasteiger partial charge in [-0.15, -0.1) is 0 Å². The van der Waals surface area contributed by atoms with Gasteiger partial charge in [0.25, 0.3) is 11.8 Å². The third-order valence-corrected chi connectivity index (χ3v) is 7.76. The maximum Gasteiger partial charge on any atom is 0.280 e. The summed E-state index contributed by atoms with van der Waals surface area (Å²) in [5, 5.41) is 3.76. The molecule has 40 heavy (non-hydrogen) atoms. The summed E-state index contributed by atoms with van der Waals surface area (Å²) in [5.74, 6) is -1.08. The minimum atomic E-state index is -1.66. The number of carbonyl (C=O) groups is 2. The van der Waals surface area contributed by atoms with Crippen LogP contribution in [0.2, 0.25) is 10.0 Å². The van der Waals surface area contributed by atoms with Crippen molar-refractivity contribution >= 4 is 46.4 Å². The molecule has 206 valence electrons. The molecule has 1 aromatic heterocycles. The lowest BCUT2D eigenvalue weighted by Crippen LogP contribution is -2.51. The summed E-state index contributed by atoms with van der Waals surface area (Å²) in [6, 6.07) is 14.4. The highest BCUT2D eigenvalue weighted by atomic mass is 35.5. The van der Waals surface area contributed by atoms with E-state index in [-0.39, 0.29) is 36.3 Å². The fraction of sp³-hybridized carbons (Fsp3) is 0.233. The SMILES string of the molecule is C.COc1cccc(F)c1-c1nc2c(n1C(C)C)C1(C(=O)Nc3cc(Cl)ccc31)N(c1cc(Cl)ccc1C)C2=O. The normalized spacial score (nSPS) is 17.2. The van der Waals surface area contributed by atoms with Crippen LogP contribution in [0.1, 0.15) is 54.6 Å². The molecular formula is C30H27Cl2FN4O3. The smallest absolute Gasteiger partial charge is 0.280 e. The van der Waals surface area contributed by atoms with Gasteiger partial charge in [-0.05, 0) is 62.7 Å². The van der Waals surface area contributed by atoms with Gasteiger partial charge < -0.3 is 14.6 Å². The maximum absolute atomic E-state index is 15.4. The largest absolute Gasteiger partial charge is 0.496 e. The minimum Gasteiger partial charge on any atom is -0.496 e. The number of carbonyl (C=O) groups excluding carboxylic acids is 2. The Labute approximate surface area is 241 Å². The molecule has 6 rings (SSSR count). The first-order valence-corrected chi connectivity index (χ1v) is 13.0. The predicted molar refractivity (Wildman–Crippen MR) is 155 cm³/mol. The van der Waals surface area contributed by atoms with Crippen molar-refractivity contribution in [1.82, 2.24) is 9.55 Å². The number of aromatic nitrogens is 2. The third kappa shape index (κ3) is 3.59. The van der Waals surface area contributed by atoms with Crippen molar-refractivity contribution in [3.63, 3.8) is 0 Å². The van der Waals surface area contributed by atoms with Crippen LogP contribution in [-0.4, -0.2) is 28.5 Å². The maximum atomic E-state index is 15.4. The number of ether oxygens (including phenoxy) is 1. The van der Waals surface area contributed by atoms with Crippen LogP contribution in [0.3, 0.4) is 0 Å². The molecule has 0 saturated carbocycles. The Balaban J connectivity index is 0.00000323. The fourth-order valence-electron chi connectivity index (χ4n) is 5.70. The van der Waals surface area contributed by atoms with Gasteiger partial charge in [-0.25, -0.2) is 9.37 Å². The van der Waals surface area contributed by atoms with Gasteiger partial charge in [0.2, 0.25) is 0 Å². The van der Waals surface area contributed by atoms with E-state index in [1.807, 2.05) is 20.8 Å². The molecule has 10 heteroatoms. The summed E-state index contributed by atoms with van der Waals surface area (Å²) in [6.45, 7) is 5.62. The quantitative estimate of drug-likeness (QED) is 0.273. The molecule has 0 fully saturated rings. The van der Waals surface area contributed by atoms with Crippen LogP contribution in [0.15, 0.2) is 54.6 Å². The second kappa shape index (κ2) is 9.64. The Morgan fingerprint density at radius 2 is 1.75 bits per heavy atom. The van der Waals surface area contributed by atoms with Gasteiger partial charge in [0, 0.05) is 27.3 Å². The fourth-order valence-corrected chi connectivity index (χ4v) is 6.04. The summed E-state index contributed by atoms with van der Waals surface area (Å²) in [5.41, 5.74) is 1.02. The Hall–Kier alpha value is -3.88. The van der Waals surface area contributed by atoms with Crippen LogP contribution in [-0.2, 0) is 10.3 Å². The molecule has 1 unspecified atom stereocenters. The molecule has 2 amide bonds. The number of nitrogens with one attached hydrogen (secondary N) is 1. The van der Waals surface area contributed by atoms with Crippen LogP contribution >= 0.6 is 23.2 Å². The number of nitrogens with zero attached hydrogens (tertiary/aromatic N) is 3. The molecule has 0 radical (unpaired) electrons. The molecule has 0 aliphatic carbocycles. The van der Waals surface area contributed by atoms with Crippen molar-refractivity contribution in [2.75, 3.05) is 17.3 Å².